The molecule has 0 saturated heterocycles. The first-order chi connectivity index (χ1) is 10.1. The van der Waals surface area contributed by atoms with Gasteiger partial charge < -0.3 is 10.6 Å². The van der Waals surface area contributed by atoms with Crippen LogP contribution < -0.4 is 10.6 Å². The van der Waals surface area contributed by atoms with Gasteiger partial charge in [0.25, 0.3) is 0 Å². The van der Waals surface area contributed by atoms with E-state index in [9.17, 15) is 4.79 Å². The van der Waals surface area contributed by atoms with Gasteiger partial charge in [-0.1, -0.05) is 40.8 Å². The lowest BCUT2D eigenvalue weighted by Crippen LogP contribution is -2.22. The zero-order valence-corrected chi connectivity index (χ0v) is 14.0. The molecule has 0 bridgehead atoms. The molecule has 112 valence electrons. The fourth-order valence-electron chi connectivity index (χ4n) is 1.49. The summed E-state index contributed by atoms with van der Waals surface area (Å²) in [4.78, 5) is 12.1. The normalized spacial score (nSPS) is 12.0. The topological polar surface area (TPSA) is 66.9 Å². The summed E-state index contributed by atoms with van der Waals surface area (Å²) in [5, 5.41) is 15.1. The Hall–Kier alpha value is -1.31. The van der Waals surface area contributed by atoms with E-state index in [1.165, 1.54) is 23.1 Å². The molecule has 0 aliphatic heterocycles. The van der Waals surface area contributed by atoms with Crippen molar-refractivity contribution in [3.05, 3.63) is 29.3 Å². The molecule has 0 radical (unpaired) electrons. The summed E-state index contributed by atoms with van der Waals surface area (Å²) in [6, 6.07) is 7.07. The van der Waals surface area contributed by atoms with Crippen LogP contribution in [0.3, 0.4) is 0 Å². The van der Waals surface area contributed by atoms with Gasteiger partial charge in [0, 0.05) is 17.3 Å². The number of carbonyl (C=O) groups is 1. The Morgan fingerprint density at radius 2 is 2.29 bits per heavy atom. The summed E-state index contributed by atoms with van der Waals surface area (Å²) in [5.74, 6) is -0.0949. The van der Waals surface area contributed by atoms with Crippen molar-refractivity contribution in [1.29, 1.82) is 0 Å². The summed E-state index contributed by atoms with van der Waals surface area (Å²) in [7, 11) is 0. The quantitative estimate of drug-likeness (QED) is 0.783. The van der Waals surface area contributed by atoms with Gasteiger partial charge in [0.15, 0.2) is 4.34 Å². The summed E-state index contributed by atoms with van der Waals surface area (Å²) in [6.45, 7) is 4.62. The van der Waals surface area contributed by atoms with E-state index in [4.69, 9.17) is 11.6 Å². The van der Waals surface area contributed by atoms with E-state index in [0.29, 0.717) is 10.7 Å². The van der Waals surface area contributed by atoms with Gasteiger partial charge in [-0.15, -0.1) is 10.2 Å². The summed E-state index contributed by atoms with van der Waals surface area (Å²) < 4.78 is 0.764. The zero-order chi connectivity index (χ0) is 15.2. The Balaban J connectivity index is 1.92. The maximum Gasteiger partial charge on any atom is 0.237 e. The van der Waals surface area contributed by atoms with Gasteiger partial charge in [0.1, 0.15) is 0 Å². The highest BCUT2D eigenvalue weighted by atomic mass is 35.5. The molecule has 1 aromatic carbocycles. The molecule has 2 N–H and O–H groups in total. The Kier molecular flexibility index (Phi) is 5.84. The molecule has 0 aliphatic carbocycles. The van der Waals surface area contributed by atoms with Crippen molar-refractivity contribution in [1.82, 2.24) is 10.2 Å². The number of nitrogens with zero attached hydrogens (tertiary/aromatic N) is 2. The van der Waals surface area contributed by atoms with Crippen LogP contribution in [0.15, 0.2) is 28.6 Å². The van der Waals surface area contributed by atoms with Gasteiger partial charge in [0.2, 0.25) is 11.0 Å². The molecular weight excluding hydrogens is 328 g/mol. The second-order valence-electron chi connectivity index (χ2n) is 4.16. The minimum absolute atomic E-state index is 0.0949. The number of amides is 1. The maximum atomic E-state index is 12.1. The van der Waals surface area contributed by atoms with Crippen LogP contribution in [0.25, 0.3) is 0 Å². The monoisotopic (exact) mass is 342 g/mol. The number of nitrogens with one attached hydrogen (secondary N) is 2. The lowest BCUT2D eigenvalue weighted by Gasteiger charge is -2.10. The molecule has 8 heteroatoms. The van der Waals surface area contributed by atoms with E-state index in [0.717, 1.165) is 16.0 Å². The first-order valence-electron chi connectivity index (χ1n) is 6.39. The van der Waals surface area contributed by atoms with Gasteiger partial charge in [0.05, 0.1) is 5.25 Å². The van der Waals surface area contributed by atoms with Gasteiger partial charge in [-0.3, -0.25) is 4.79 Å². The zero-order valence-electron chi connectivity index (χ0n) is 11.6. The van der Waals surface area contributed by atoms with Crippen LogP contribution in [0, 0.1) is 0 Å². The standard InChI is InChI=1S/C13H15ClN4OS2/c1-3-15-12-17-18-13(21-12)20-8(2)11(19)16-10-6-4-5-9(14)7-10/h4-8H,3H2,1-2H3,(H,15,17)(H,16,19)/t8-/m1/s1. The van der Waals surface area contributed by atoms with Gasteiger partial charge in [-0.2, -0.15) is 0 Å². The molecule has 0 saturated carbocycles. The van der Waals surface area contributed by atoms with E-state index >= 15 is 0 Å². The van der Waals surface area contributed by atoms with Crippen molar-refractivity contribution in [2.75, 3.05) is 17.2 Å². The van der Waals surface area contributed by atoms with Gasteiger partial charge in [-0.05, 0) is 32.0 Å². The molecule has 0 aliphatic rings. The molecule has 2 aromatic rings. The molecule has 0 spiro atoms. The number of rotatable bonds is 6. The van der Waals surface area contributed by atoms with E-state index in [1.54, 1.807) is 24.3 Å². The second kappa shape index (κ2) is 7.63. The lowest BCUT2D eigenvalue weighted by molar-refractivity contribution is -0.115. The third kappa shape index (κ3) is 4.87. The maximum absolute atomic E-state index is 12.1. The molecular formula is C13H15ClN4OS2. The SMILES string of the molecule is CCNc1nnc(S[C@H](C)C(=O)Nc2cccc(Cl)c2)s1. The molecule has 21 heavy (non-hydrogen) atoms. The highest BCUT2D eigenvalue weighted by Gasteiger charge is 2.17. The number of halogens is 1. The first kappa shape index (κ1) is 16.1. The number of hydrogen-bond acceptors (Lipinski definition) is 6. The molecule has 0 unspecified atom stereocenters. The predicted octanol–water partition coefficient (Wildman–Crippen LogP) is 3.74. The lowest BCUT2D eigenvalue weighted by atomic mass is 10.3. The highest BCUT2D eigenvalue weighted by Crippen LogP contribution is 2.29. The van der Waals surface area contributed by atoms with E-state index < -0.39 is 0 Å². The molecule has 2 rings (SSSR count). The van der Waals surface area contributed by atoms with Crippen molar-refractivity contribution < 1.29 is 4.79 Å². The van der Waals surface area contributed by atoms with Crippen LogP contribution in [0.1, 0.15) is 13.8 Å². The number of aromatic nitrogens is 2. The number of hydrogen-bond donors (Lipinski definition) is 2. The smallest absolute Gasteiger partial charge is 0.237 e. The van der Waals surface area contributed by atoms with Crippen molar-refractivity contribution in [2.45, 2.75) is 23.4 Å². The second-order valence-corrected chi connectivity index (χ2v) is 7.17. The summed E-state index contributed by atoms with van der Waals surface area (Å²) >= 11 is 8.71. The van der Waals surface area contributed by atoms with Crippen LogP contribution in [0.4, 0.5) is 10.8 Å². The Bertz CT molecular complexity index is 620. The average Bonchev–Trinajstić information content (AvgIpc) is 2.86. The first-order valence-corrected chi connectivity index (χ1v) is 8.46. The molecule has 1 aromatic heterocycles. The van der Waals surface area contributed by atoms with E-state index in [-0.39, 0.29) is 11.2 Å². The highest BCUT2D eigenvalue weighted by molar-refractivity contribution is 8.02. The summed E-state index contributed by atoms with van der Waals surface area (Å²) in [6.07, 6.45) is 0. The summed E-state index contributed by atoms with van der Waals surface area (Å²) in [5.41, 5.74) is 0.686. The van der Waals surface area contributed by atoms with Crippen LogP contribution in [-0.2, 0) is 4.79 Å². The molecule has 1 heterocycles. The molecule has 1 atom stereocenters. The van der Waals surface area contributed by atoms with E-state index in [1.807, 2.05) is 13.8 Å². The number of benzene rings is 1. The molecule has 1 amide bonds. The Morgan fingerprint density at radius 3 is 3.00 bits per heavy atom. The number of anilines is 2. The number of thioether (sulfide) groups is 1. The largest absolute Gasteiger partial charge is 0.360 e. The van der Waals surface area contributed by atoms with Crippen LogP contribution in [-0.4, -0.2) is 27.9 Å². The third-order valence-corrected chi connectivity index (χ3v) is 4.77. The average molecular weight is 343 g/mol. The van der Waals surface area contributed by atoms with Crippen LogP contribution >= 0.6 is 34.7 Å². The predicted molar refractivity (Wildman–Crippen MR) is 89.5 cm³/mol. The Labute approximate surface area is 136 Å². The van der Waals surface area contributed by atoms with Gasteiger partial charge in [-0.25, -0.2) is 0 Å². The van der Waals surface area contributed by atoms with E-state index in [2.05, 4.69) is 20.8 Å². The van der Waals surface area contributed by atoms with Crippen LogP contribution in [0.2, 0.25) is 5.02 Å². The van der Waals surface area contributed by atoms with Gasteiger partial charge >= 0.3 is 0 Å². The minimum atomic E-state index is -0.272. The minimum Gasteiger partial charge on any atom is -0.360 e. The Morgan fingerprint density at radius 1 is 1.48 bits per heavy atom. The molecule has 0 fully saturated rings. The number of carbonyl (C=O) groups excluding carboxylic acids is 1. The van der Waals surface area contributed by atoms with Crippen molar-refractivity contribution in [3.8, 4) is 0 Å². The van der Waals surface area contributed by atoms with Crippen molar-refractivity contribution in [3.63, 3.8) is 0 Å². The third-order valence-electron chi connectivity index (χ3n) is 2.47. The van der Waals surface area contributed by atoms with Crippen molar-refractivity contribution >= 4 is 51.4 Å². The fourth-order valence-corrected chi connectivity index (χ4v) is 3.65. The van der Waals surface area contributed by atoms with Crippen molar-refractivity contribution in [2.24, 2.45) is 0 Å². The fraction of sp³-hybridized carbons (Fsp3) is 0.308. The van der Waals surface area contributed by atoms with Crippen LogP contribution in [0.5, 0.6) is 0 Å². The molecule has 5 nitrogen and oxygen atoms in total.